The molecule has 340 valence electrons. The van der Waals surface area contributed by atoms with E-state index >= 15 is 0 Å². The van der Waals surface area contributed by atoms with Crippen LogP contribution in [0.3, 0.4) is 0 Å². The molecule has 0 spiro atoms. The predicted octanol–water partition coefficient (Wildman–Crippen LogP) is -6.69. The molecule has 2 heterocycles. The summed E-state index contributed by atoms with van der Waals surface area (Å²) in [6.07, 6.45) is -22.8. The normalized spacial score (nSPS) is 30.0. The average molecular weight is 1010 g/mol. The molecule has 57 heavy (non-hydrogen) atoms. The Morgan fingerprint density at radius 3 is 1.12 bits per heavy atom. The van der Waals surface area contributed by atoms with E-state index in [0.717, 1.165) is 0 Å². The van der Waals surface area contributed by atoms with Crippen LogP contribution in [0.2, 0.25) is 0 Å². The molecule has 0 amide bonds. The van der Waals surface area contributed by atoms with Gasteiger partial charge in [-0.1, -0.05) is 0 Å². The number of rotatable bonds is 23. The maximum atomic E-state index is 11.8. The van der Waals surface area contributed by atoms with Gasteiger partial charge in [0.25, 0.3) is 0 Å². The molecule has 43 heteroatoms. The summed E-state index contributed by atoms with van der Waals surface area (Å²) in [4.78, 5) is 0. The summed E-state index contributed by atoms with van der Waals surface area (Å²) in [5.41, 5.74) is -3.34. The average Bonchev–Trinajstić information content (AvgIpc) is 3.19. The number of hydrogen-bond donors (Lipinski definition) is 8. The molecular formula is C14H26O35S8. The van der Waals surface area contributed by atoms with Crippen molar-refractivity contribution in [3.05, 3.63) is 0 Å². The van der Waals surface area contributed by atoms with Crippen molar-refractivity contribution >= 4 is 83.2 Å². The van der Waals surface area contributed by atoms with E-state index in [9.17, 15) is 94.7 Å². The Hall–Kier alpha value is -1.16. The fraction of sp³-hybridized carbons (Fsp3) is 1.00. The molecule has 2 aliphatic heterocycles. The highest BCUT2D eigenvalue weighted by Gasteiger charge is 2.61. The molecule has 9 atom stereocenters. The second-order valence-electron chi connectivity index (χ2n) is 10.5. The van der Waals surface area contributed by atoms with E-state index in [0.29, 0.717) is 0 Å². The molecule has 0 saturated carbocycles. The maximum Gasteiger partial charge on any atom is 0.397 e. The van der Waals surface area contributed by atoms with Crippen LogP contribution in [0.5, 0.6) is 0 Å². The van der Waals surface area contributed by atoms with Gasteiger partial charge < -0.3 is 14.2 Å². The van der Waals surface area contributed by atoms with Crippen LogP contribution in [-0.2, 0) is 131 Å². The van der Waals surface area contributed by atoms with Gasteiger partial charge >= 0.3 is 83.2 Å². The van der Waals surface area contributed by atoms with E-state index in [2.05, 4.69) is 33.5 Å². The number of hydrogen-bond acceptors (Lipinski definition) is 27. The van der Waals surface area contributed by atoms with Gasteiger partial charge in [0, 0.05) is 0 Å². The lowest BCUT2D eigenvalue weighted by molar-refractivity contribution is -0.226. The minimum Gasteiger partial charge on any atom is -0.375 e. The van der Waals surface area contributed by atoms with Gasteiger partial charge in [-0.15, -0.1) is 0 Å². The third kappa shape index (κ3) is 19.4. The standard InChI is InChI=1S/C14H26O35S8/c15-50(16,17)40-2-7-10(46-54(27,28)29)12(48-56(33,34)35)9(45-53(24,25)26)6(43-7)1-39-4-14(5-42-52(21,22)23)13(49-57(36,37)38)11(47-55(30,31)32)8(44-14)3-41-51(18,19)20/h6-13H,1-5H2,(H,15,16,17)(H,18,19,20)(H,21,22,23)(H,24,25,26)(H,27,28,29)(H,30,31,32)(H,33,34,35)(H,36,37,38)/t6-,7-,8-,9+,10-,11-,12-,13+,14?/m1/s1. The van der Waals surface area contributed by atoms with Crippen molar-refractivity contribution in [2.75, 3.05) is 33.0 Å². The Morgan fingerprint density at radius 1 is 0.386 bits per heavy atom. The lowest BCUT2D eigenvalue weighted by atomic mass is 9.95. The molecule has 1 unspecified atom stereocenters. The summed E-state index contributed by atoms with van der Waals surface area (Å²) in [6, 6.07) is 0. The van der Waals surface area contributed by atoms with Gasteiger partial charge in [0.15, 0.2) is 0 Å². The van der Waals surface area contributed by atoms with Crippen molar-refractivity contribution in [2.24, 2.45) is 0 Å². The minimum absolute atomic E-state index is 1.64. The van der Waals surface area contributed by atoms with Crippen LogP contribution in [0.25, 0.3) is 0 Å². The minimum atomic E-state index is -6.01. The van der Waals surface area contributed by atoms with Crippen molar-refractivity contribution < 1.29 is 151 Å². The first kappa shape index (κ1) is 52.0. The smallest absolute Gasteiger partial charge is 0.375 e. The van der Waals surface area contributed by atoms with Crippen LogP contribution >= 0.6 is 0 Å². The Balaban J connectivity index is 2.79. The van der Waals surface area contributed by atoms with Crippen molar-refractivity contribution in [3.8, 4) is 0 Å². The molecular weight excluding hydrogens is 985 g/mol. The van der Waals surface area contributed by atoms with Gasteiger partial charge in [-0.2, -0.15) is 67.3 Å². The van der Waals surface area contributed by atoms with Crippen molar-refractivity contribution in [1.82, 2.24) is 0 Å². The predicted molar refractivity (Wildman–Crippen MR) is 162 cm³/mol. The first-order valence-electron chi connectivity index (χ1n) is 13.2. The Bertz CT molecular complexity index is 2320. The molecule has 0 aromatic rings. The van der Waals surface area contributed by atoms with Crippen molar-refractivity contribution in [1.29, 1.82) is 0 Å². The molecule has 2 saturated heterocycles. The highest BCUT2D eigenvalue weighted by atomic mass is 32.3. The largest absolute Gasteiger partial charge is 0.397 e. The molecule has 0 aromatic heterocycles. The van der Waals surface area contributed by atoms with E-state index in [4.69, 9.17) is 23.3 Å². The highest BCUT2D eigenvalue weighted by Crippen LogP contribution is 2.39. The van der Waals surface area contributed by atoms with Crippen LogP contribution in [0.4, 0.5) is 0 Å². The second-order valence-corrected chi connectivity index (χ2v) is 19.0. The zero-order valence-corrected chi connectivity index (χ0v) is 33.1. The molecule has 0 bridgehead atoms. The third-order valence-corrected chi connectivity index (χ3v) is 9.89. The van der Waals surface area contributed by atoms with Crippen molar-refractivity contribution in [3.63, 3.8) is 0 Å². The summed E-state index contributed by atoms with van der Waals surface area (Å²) >= 11 is 0. The van der Waals surface area contributed by atoms with E-state index in [1.54, 1.807) is 0 Å². The summed E-state index contributed by atoms with van der Waals surface area (Å²) < 4.78 is 307. The summed E-state index contributed by atoms with van der Waals surface area (Å²) in [6.45, 7) is -8.82. The molecule has 0 radical (unpaired) electrons. The SMILES string of the molecule is O=S(=O)(O)OC[C@H]1OC(COC[C@H]2O[C@H](COS(=O)(=O)O)[C@@H](OS(=O)(=O)O)[C@H](OS(=O)(=O)O)[C@H]2OS(=O)(=O)O)(COS(=O)(=O)O)[C@@H](OS(=O)(=O)O)[C@@H]1OS(=O)(=O)O. The van der Waals surface area contributed by atoms with Crippen LogP contribution in [0.1, 0.15) is 0 Å². The third-order valence-electron chi connectivity index (χ3n) is 6.30. The van der Waals surface area contributed by atoms with Gasteiger partial charge in [-0.3, -0.25) is 36.4 Å². The fourth-order valence-electron chi connectivity index (χ4n) is 4.71. The van der Waals surface area contributed by atoms with E-state index in [1.165, 1.54) is 0 Å². The Kier molecular flexibility index (Phi) is 16.8. The molecule has 2 rings (SSSR count). The Labute approximate surface area is 320 Å². The first-order valence-corrected chi connectivity index (χ1v) is 24.1. The summed E-state index contributed by atoms with van der Waals surface area (Å²) in [5.74, 6) is 0. The van der Waals surface area contributed by atoms with Gasteiger partial charge in [0.05, 0.1) is 26.4 Å². The molecule has 35 nitrogen and oxygen atoms in total. The first-order chi connectivity index (χ1) is 25.2. The Morgan fingerprint density at radius 2 is 0.737 bits per heavy atom. The highest BCUT2D eigenvalue weighted by molar-refractivity contribution is 7.82. The molecule has 0 aliphatic carbocycles. The monoisotopic (exact) mass is 1010 g/mol. The van der Waals surface area contributed by atoms with E-state index < -0.39 is 171 Å². The zero-order chi connectivity index (χ0) is 44.4. The van der Waals surface area contributed by atoms with Crippen LogP contribution < -0.4 is 0 Å². The van der Waals surface area contributed by atoms with Gasteiger partial charge in [0.1, 0.15) is 61.0 Å². The van der Waals surface area contributed by atoms with Crippen LogP contribution in [-0.4, -0.2) is 191 Å². The van der Waals surface area contributed by atoms with Crippen molar-refractivity contribution in [2.45, 2.75) is 54.4 Å². The molecule has 2 aliphatic rings. The molecule has 0 aromatic carbocycles. The molecule has 8 N–H and O–H groups in total. The number of ether oxygens (including phenoxy) is 3. The van der Waals surface area contributed by atoms with Gasteiger partial charge in [-0.05, 0) is 0 Å². The maximum absolute atomic E-state index is 11.8. The summed E-state index contributed by atoms with van der Waals surface area (Å²) in [5, 5.41) is 0. The van der Waals surface area contributed by atoms with Crippen LogP contribution in [0.15, 0.2) is 0 Å². The van der Waals surface area contributed by atoms with Gasteiger partial charge in [-0.25, -0.2) is 33.5 Å². The summed E-state index contributed by atoms with van der Waals surface area (Å²) in [7, 11) is -46.7. The topological polar surface area (TPSA) is 536 Å². The molecule has 2 fully saturated rings. The van der Waals surface area contributed by atoms with Crippen LogP contribution in [0, 0.1) is 0 Å². The lowest BCUT2D eigenvalue weighted by Gasteiger charge is -2.43. The fourth-order valence-corrected chi connectivity index (χ4v) is 8.25. The zero-order valence-electron chi connectivity index (χ0n) is 26.5. The second kappa shape index (κ2) is 18.4. The lowest BCUT2D eigenvalue weighted by Crippen LogP contribution is -2.63. The van der Waals surface area contributed by atoms with E-state index in [-0.39, 0.29) is 0 Å². The quantitative estimate of drug-likeness (QED) is 0.0441. The van der Waals surface area contributed by atoms with Gasteiger partial charge in [0.2, 0.25) is 0 Å². The van der Waals surface area contributed by atoms with E-state index in [1.807, 2.05) is 0 Å².